The molecule has 0 saturated heterocycles. The van der Waals surface area contributed by atoms with Crippen molar-refractivity contribution in [3.05, 3.63) is 0 Å². The molecule has 0 aromatic rings. The topological polar surface area (TPSA) is 83.5 Å². The zero-order valence-corrected chi connectivity index (χ0v) is 10.7. The Labute approximate surface area is 104 Å². The summed E-state index contributed by atoms with van der Waals surface area (Å²) in [6.45, 7) is 3.77. The van der Waals surface area contributed by atoms with Crippen LogP contribution in [0.2, 0.25) is 0 Å². The van der Waals surface area contributed by atoms with Gasteiger partial charge in [0.15, 0.2) is 0 Å². The third-order valence-electron chi connectivity index (χ3n) is 1.40. The van der Waals surface area contributed by atoms with Gasteiger partial charge < -0.3 is 8.17 Å². The number of hydrogen-bond acceptors (Lipinski definition) is 3. The molecule has 0 saturated carbocycles. The molecule has 82 valence electrons. The van der Waals surface area contributed by atoms with Crippen LogP contribution >= 0.6 is 0 Å². The van der Waals surface area contributed by atoms with Crippen LogP contribution in [0.25, 0.3) is 0 Å². The van der Waals surface area contributed by atoms with E-state index in [0.29, 0.717) is 0 Å². The molecule has 0 aromatic heterocycles. The molecule has 0 radical (unpaired) electrons. The van der Waals surface area contributed by atoms with Crippen molar-refractivity contribution in [3.63, 3.8) is 0 Å². The van der Waals surface area contributed by atoms with Crippen LogP contribution < -0.4 is 5.32 Å². The summed E-state index contributed by atoms with van der Waals surface area (Å²) >= 11 is 0. The average molecular weight is 236 g/mol. The molecule has 0 aliphatic heterocycles. The summed E-state index contributed by atoms with van der Waals surface area (Å²) in [6.07, 6.45) is 0.233. The van der Waals surface area contributed by atoms with E-state index in [1.54, 1.807) is 13.8 Å². The van der Waals surface area contributed by atoms with Gasteiger partial charge in [-0.25, -0.2) is 0 Å². The van der Waals surface area contributed by atoms with Gasteiger partial charge >= 0.3 is 23.1 Å². The largest absolute Gasteiger partial charge is 2.00 e. The van der Waals surface area contributed by atoms with Gasteiger partial charge in [0.25, 0.3) is 10.1 Å². The van der Waals surface area contributed by atoms with E-state index < -0.39 is 10.1 Å². The predicted molar refractivity (Wildman–Crippen MR) is 56.9 cm³/mol. The molecule has 0 rings (SSSR count). The normalized spacial score (nSPS) is 10.9. The smallest absolute Gasteiger partial charge is 1.00 e. The molecule has 1 amide bonds. The van der Waals surface area contributed by atoms with E-state index >= 15 is 0 Å². The number of carbonyl (C=O) groups excluding carboxylic acids is 1. The molecule has 7 heteroatoms. The molecule has 0 atom stereocenters. The van der Waals surface area contributed by atoms with E-state index in [1.165, 1.54) is 0 Å². The molecule has 14 heavy (non-hydrogen) atoms. The van der Waals surface area contributed by atoms with E-state index in [0.717, 1.165) is 0 Å². The first-order valence-electron chi connectivity index (χ1n) is 4.06. The third-order valence-corrected chi connectivity index (χ3v) is 2.21. The van der Waals surface area contributed by atoms with Gasteiger partial charge in [-0.1, -0.05) is 13.8 Å². The molecule has 5 nitrogen and oxygen atoms in total. The van der Waals surface area contributed by atoms with Crippen molar-refractivity contribution >= 4 is 39.1 Å². The van der Waals surface area contributed by atoms with E-state index in [1.807, 2.05) is 0 Å². The summed E-state index contributed by atoms with van der Waals surface area (Å²) < 4.78 is 28.9. The number of nitrogens with one attached hydrogen (secondary N) is 1. The van der Waals surface area contributed by atoms with E-state index in [4.69, 9.17) is 4.55 Å². The number of amides is 1. The number of carbonyl (C=O) groups is 1. The van der Waals surface area contributed by atoms with Crippen LogP contribution in [-0.2, 0) is 14.9 Å². The van der Waals surface area contributed by atoms with Crippen LogP contribution in [0, 0.1) is 5.92 Å². The van der Waals surface area contributed by atoms with Crippen LogP contribution in [0.3, 0.4) is 0 Å². The van der Waals surface area contributed by atoms with Crippen molar-refractivity contribution in [2.75, 3.05) is 12.3 Å². The average Bonchev–Trinajstić information content (AvgIpc) is 1.95. The second kappa shape index (κ2) is 7.44. The Balaban J connectivity index is -0.000000240. The fraction of sp³-hybridized carbons (Fsp3) is 0.857. The SMILES string of the molecule is CC(C)C(=O)NCCCS(=O)(=O)O.[H-].[H-].[Mg+2]. The van der Waals surface area contributed by atoms with Crippen LogP contribution in [0.5, 0.6) is 0 Å². The summed E-state index contributed by atoms with van der Waals surface area (Å²) in [6, 6.07) is 0. The van der Waals surface area contributed by atoms with Gasteiger partial charge in [-0.05, 0) is 6.42 Å². The first kappa shape index (κ1) is 16.6. The molecule has 0 heterocycles. The summed E-state index contributed by atoms with van der Waals surface area (Å²) in [5.74, 6) is -0.535. The molecule has 0 spiro atoms. The van der Waals surface area contributed by atoms with E-state index in [9.17, 15) is 13.2 Å². The zero-order valence-electron chi connectivity index (χ0n) is 10.5. The minimum atomic E-state index is -3.89. The van der Waals surface area contributed by atoms with Gasteiger partial charge in [0.2, 0.25) is 5.91 Å². The summed E-state index contributed by atoms with van der Waals surface area (Å²) in [4.78, 5) is 10.9. The van der Waals surface area contributed by atoms with Crippen molar-refractivity contribution in [1.82, 2.24) is 5.32 Å². The second-order valence-corrected chi connectivity index (χ2v) is 4.66. The maximum atomic E-state index is 10.9. The summed E-state index contributed by atoms with van der Waals surface area (Å²) in [5.41, 5.74) is 0. The molecule has 0 unspecified atom stereocenters. The van der Waals surface area contributed by atoms with Gasteiger partial charge in [-0.2, -0.15) is 8.42 Å². The Bertz CT molecular complexity index is 272. The standard InChI is InChI=1S/C7H15NO4S.Mg.2H/c1-6(2)7(9)8-4-3-5-13(10,11)12;;;/h6H,3-5H2,1-2H3,(H,8,9)(H,10,11,12);;;/q;+2;2*-1. The van der Waals surface area contributed by atoms with Crippen LogP contribution in [0.4, 0.5) is 0 Å². The van der Waals surface area contributed by atoms with Gasteiger partial charge in [-0.3, -0.25) is 9.35 Å². The van der Waals surface area contributed by atoms with Crippen LogP contribution in [0.1, 0.15) is 23.1 Å². The van der Waals surface area contributed by atoms with Crippen molar-refractivity contribution in [2.24, 2.45) is 5.92 Å². The van der Waals surface area contributed by atoms with E-state index in [-0.39, 0.29) is 56.4 Å². The first-order valence-corrected chi connectivity index (χ1v) is 5.66. The Morgan fingerprint density at radius 3 is 2.36 bits per heavy atom. The van der Waals surface area contributed by atoms with Gasteiger partial charge in [-0.15, -0.1) is 0 Å². The maximum absolute atomic E-state index is 10.9. The Kier molecular flexibility index (Phi) is 8.81. The Hall–Kier alpha value is 0.146. The molecular formula is C7H17MgNO4S. The van der Waals surface area contributed by atoms with Crippen LogP contribution in [0.15, 0.2) is 0 Å². The Morgan fingerprint density at radius 1 is 1.50 bits per heavy atom. The quantitative estimate of drug-likeness (QED) is 0.395. The number of rotatable bonds is 5. The monoisotopic (exact) mass is 235 g/mol. The fourth-order valence-corrected chi connectivity index (χ4v) is 1.18. The van der Waals surface area contributed by atoms with Gasteiger partial charge in [0, 0.05) is 12.5 Å². The van der Waals surface area contributed by atoms with Crippen molar-refractivity contribution in [3.8, 4) is 0 Å². The third kappa shape index (κ3) is 10.2. The summed E-state index contributed by atoms with van der Waals surface area (Å²) in [5, 5.41) is 2.54. The zero-order chi connectivity index (χ0) is 10.5. The molecular weight excluding hydrogens is 218 g/mol. The van der Waals surface area contributed by atoms with E-state index in [2.05, 4.69) is 5.32 Å². The maximum Gasteiger partial charge on any atom is 2.00 e. The van der Waals surface area contributed by atoms with Crippen molar-refractivity contribution < 1.29 is 20.6 Å². The first-order chi connectivity index (χ1) is 5.83. The molecule has 0 fully saturated rings. The summed E-state index contributed by atoms with van der Waals surface area (Å²) in [7, 11) is -3.89. The molecule has 2 N–H and O–H groups in total. The molecule has 0 bridgehead atoms. The Morgan fingerprint density at radius 2 is 2.00 bits per heavy atom. The second-order valence-electron chi connectivity index (χ2n) is 3.09. The van der Waals surface area contributed by atoms with Gasteiger partial charge in [0.1, 0.15) is 0 Å². The minimum Gasteiger partial charge on any atom is -1.00 e. The number of hydrogen-bond donors (Lipinski definition) is 2. The predicted octanol–water partition coefficient (Wildman–Crippen LogP) is -0.119. The van der Waals surface area contributed by atoms with Gasteiger partial charge in [0.05, 0.1) is 5.75 Å². The molecule has 0 aromatic carbocycles. The molecule has 0 aliphatic carbocycles. The van der Waals surface area contributed by atoms with Crippen molar-refractivity contribution in [2.45, 2.75) is 20.3 Å². The van der Waals surface area contributed by atoms with Crippen LogP contribution in [-0.4, -0.2) is 54.2 Å². The van der Waals surface area contributed by atoms with Crippen molar-refractivity contribution in [1.29, 1.82) is 0 Å². The minimum absolute atomic E-state index is 0. The fourth-order valence-electron chi connectivity index (χ4n) is 0.670. The molecule has 0 aliphatic rings.